The number of hydrogen-bond donors (Lipinski definition) is 1. The Labute approximate surface area is 181 Å². The summed E-state index contributed by atoms with van der Waals surface area (Å²) in [6.45, 7) is 0.714. The molecule has 0 fully saturated rings. The second-order valence-corrected chi connectivity index (χ2v) is 7.90. The van der Waals surface area contributed by atoms with E-state index in [1.807, 2.05) is 81.6 Å². The number of rotatable bonds is 6. The highest BCUT2D eigenvalue weighted by Gasteiger charge is 2.14. The molecule has 1 amide bonds. The maximum Gasteiger partial charge on any atom is 0.255 e. The Balaban J connectivity index is 1.69. The molecule has 0 saturated heterocycles. The van der Waals surface area contributed by atoms with Crippen molar-refractivity contribution < 1.29 is 9.21 Å². The fourth-order valence-corrected chi connectivity index (χ4v) is 3.37. The first-order valence-electron chi connectivity index (χ1n) is 9.98. The normalized spacial score (nSPS) is 11.1. The van der Waals surface area contributed by atoms with E-state index >= 15 is 0 Å². The number of fused-ring (bicyclic) bond motifs is 1. The average Bonchev–Trinajstić information content (AvgIpc) is 3.17. The van der Waals surface area contributed by atoms with Crippen LogP contribution >= 0.6 is 0 Å². The Bertz CT molecular complexity index is 1200. The van der Waals surface area contributed by atoms with Crippen LogP contribution in [0.3, 0.4) is 0 Å². The van der Waals surface area contributed by atoms with Crippen molar-refractivity contribution in [3.05, 3.63) is 71.9 Å². The van der Waals surface area contributed by atoms with Crippen molar-refractivity contribution in [3.63, 3.8) is 0 Å². The minimum atomic E-state index is -0.170. The van der Waals surface area contributed by atoms with Gasteiger partial charge in [0.2, 0.25) is 5.89 Å². The second-order valence-electron chi connectivity index (χ2n) is 7.90. The van der Waals surface area contributed by atoms with E-state index in [9.17, 15) is 4.79 Å². The molecule has 0 aliphatic heterocycles. The molecular formula is C24H25N5O2. The molecule has 0 saturated carbocycles. The lowest BCUT2D eigenvalue weighted by Crippen LogP contribution is -2.15. The summed E-state index contributed by atoms with van der Waals surface area (Å²) in [7, 11) is 7.90. The van der Waals surface area contributed by atoms with Gasteiger partial charge in [-0.1, -0.05) is 6.07 Å². The van der Waals surface area contributed by atoms with Gasteiger partial charge >= 0.3 is 0 Å². The van der Waals surface area contributed by atoms with Crippen LogP contribution in [0.1, 0.15) is 15.9 Å². The maximum atomic E-state index is 12.9. The highest BCUT2D eigenvalue weighted by atomic mass is 16.3. The molecule has 2 heterocycles. The summed E-state index contributed by atoms with van der Waals surface area (Å²) in [6, 6.07) is 17.0. The van der Waals surface area contributed by atoms with Crippen LogP contribution in [-0.4, -0.2) is 49.0 Å². The Morgan fingerprint density at radius 1 is 1.03 bits per heavy atom. The quantitative estimate of drug-likeness (QED) is 0.507. The smallest absolute Gasteiger partial charge is 0.255 e. The van der Waals surface area contributed by atoms with Gasteiger partial charge in [0.05, 0.1) is 0 Å². The van der Waals surface area contributed by atoms with Gasteiger partial charge in [-0.2, -0.15) is 4.98 Å². The zero-order valence-electron chi connectivity index (χ0n) is 18.1. The van der Waals surface area contributed by atoms with E-state index in [4.69, 9.17) is 4.42 Å². The van der Waals surface area contributed by atoms with Gasteiger partial charge in [0, 0.05) is 49.3 Å². The van der Waals surface area contributed by atoms with E-state index in [1.54, 1.807) is 12.3 Å². The van der Waals surface area contributed by atoms with E-state index in [-0.39, 0.29) is 5.91 Å². The summed E-state index contributed by atoms with van der Waals surface area (Å²) in [5.74, 6) is 0.301. The summed E-state index contributed by atoms with van der Waals surface area (Å²) in [4.78, 5) is 25.7. The zero-order chi connectivity index (χ0) is 22.0. The highest BCUT2D eigenvalue weighted by molar-refractivity contribution is 6.05. The van der Waals surface area contributed by atoms with E-state index in [2.05, 4.69) is 20.2 Å². The van der Waals surface area contributed by atoms with E-state index in [0.717, 1.165) is 16.8 Å². The summed E-state index contributed by atoms with van der Waals surface area (Å²) >= 11 is 0. The van der Waals surface area contributed by atoms with Crippen molar-refractivity contribution in [2.45, 2.75) is 6.54 Å². The van der Waals surface area contributed by atoms with Gasteiger partial charge in [-0.3, -0.25) is 4.79 Å². The molecule has 158 valence electrons. The number of anilines is 2. The second kappa shape index (κ2) is 8.57. The Morgan fingerprint density at radius 2 is 1.87 bits per heavy atom. The van der Waals surface area contributed by atoms with Crippen molar-refractivity contribution in [2.24, 2.45) is 0 Å². The summed E-state index contributed by atoms with van der Waals surface area (Å²) in [6.07, 6.45) is 1.69. The van der Waals surface area contributed by atoms with Crippen LogP contribution in [0.25, 0.3) is 22.7 Å². The van der Waals surface area contributed by atoms with Gasteiger partial charge < -0.3 is 19.5 Å². The zero-order valence-corrected chi connectivity index (χ0v) is 18.1. The molecule has 2 aromatic carbocycles. The fourth-order valence-electron chi connectivity index (χ4n) is 3.37. The fraction of sp³-hybridized carbons (Fsp3) is 0.208. The van der Waals surface area contributed by atoms with Gasteiger partial charge in [-0.15, -0.1) is 0 Å². The minimum Gasteiger partial charge on any atom is -0.434 e. The molecule has 2 aromatic heterocycles. The van der Waals surface area contributed by atoms with Gasteiger partial charge in [-0.05, 0) is 68.2 Å². The summed E-state index contributed by atoms with van der Waals surface area (Å²) in [5, 5.41) is 3.02. The third-order valence-corrected chi connectivity index (χ3v) is 4.79. The van der Waals surface area contributed by atoms with Crippen molar-refractivity contribution >= 4 is 28.5 Å². The molecule has 0 atom stereocenters. The molecule has 4 rings (SSSR count). The molecule has 31 heavy (non-hydrogen) atoms. The topological polar surface area (TPSA) is 74.5 Å². The predicted molar refractivity (Wildman–Crippen MR) is 123 cm³/mol. The van der Waals surface area contributed by atoms with E-state index in [0.29, 0.717) is 34.9 Å². The van der Waals surface area contributed by atoms with Crippen molar-refractivity contribution in [1.29, 1.82) is 0 Å². The number of nitrogens with zero attached hydrogens (tertiary/aromatic N) is 4. The van der Waals surface area contributed by atoms with Crippen LogP contribution in [0, 0.1) is 0 Å². The first-order chi connectivity index (χ1) is 14.9. The molecular weight excluding hydrogens is 390 g/mol. The number of nitrogens with one attached hydrogen (secondary N) is 1. The molecule has 7 heteroatoms. The van der Waals surface area contributed by atoms with Crippen molar-refractivity contribution in [3.8, 4) is 11.5 Å². The number of pyridine rings is 1. The first kappa shape index (κ1) is 20.6. The standard InChI is InChI=1S/C24H25N5O2/c1-28(2)15-16-11-18(24-27-22-21(31-24)9-6-10-25-22)13-19(12-16)26-23(30)17-7-5-8-20(14-17)29(3)4/h5-14H,15H2,1-4H3,(H,26,30). The summed E-state index contributed by atoms with van der Waals surface area (Å²) in [5.41, 5.74) is 5.25. The van der Waals surface area contributed by atoms with Crippen LogP contribution in [0.2, 0.25) is 0 Å². The molecule has 0 bridgehead atoms. The number of carbonyl (C=O) groups is 1. The molecule has 1 N–H and O–H groups in total. The van der Waals surface area contributed by atoms with Crippen molar-refractivity contribution in [2.75, 3.05) is 38.4 Å². The number of oxazole rings is 1. The lowest BCUT2D eigenvalue weighted by Gasteiger charge is -2.15. The molecule has 0 aliphatic rings. The number of benzene rings is 2. The van der Waals surface area contributed by atoms with Crippen LogP contribution < -0.4 is 10.2 Å². The number of hydrogen-bond acceptors (Lipinski definition) is 6. The van der Waals surface area contributed by atoms with Gasteiger partial charge in [0.15, 0.2) is 11.2 Å². The molecule has 0 unspecified atom stereocenters. The minimum absolute atomic E-state index is 0.170. The third kappa shape index (κ3) is 4.73. The largest absolute Gasteiger partial charge is 0.434 e. The number of carbonyl (C=O) groups excluding carboxylic acids is 1. The number of aromatic nitrogens is 2. The Hall–Kier alpha value is -3.71. The van der Waals surface area contributed by atoms with Crippen LogP contribution in [0.5, 0.6) is 0 Å². The molecule has 4 aromatic rings. The third-order valence-electron chi connectivity index (χ3n) is 4.79. The van der Waals surface area contributed by atoms with Crippen LogP contribution in [-0.2, 0) is 6.54 Å². The van der Waals surface area contributed by atoms with Gasteiger partial charge in [-0.25, -0.2) is 4.98 Å². The van der Waals surface area contributed by atoms with Crippen molar-refractivity contribution in [1.82, 2.24) is 14.9 Å². The average molecular weight is 415 g/mol. The van der Waals surface area contributed by atoms with Crippen LogP contribution in [0.4, 0.5) is 11.4 Å². The first-order valence-corrected chi connectivity index (χ1v) is 9.98. The summed E-state index contributed by atoms with van der Waals surface area (Å²) < 4.78 is 5.90. The van der Waals surface area contributed by atoms with E-state index < -0.39 is 0 Å². The SMILES string of the molecule is CN(C)Cc1cc(NC(=O)c2cccc(N(C)C)c2)cc(-c2nc3ncccc3o2)c1. The van der Waals surface area contributed by atoms with Crippen LogP contribution in [0.15, 0.2) is 65.2 Å². The maximum absolute atomic E-state index is 12.9. The lowest BCUT2D eigenvalue weighted by atomic mass is 10.1. The highest BCUT2D eigenvalue weighted by Crippen LogP contribution is 2.28. The Kier molecular flexibility index (Phi) is 5.68. The molecule has 0 radical (unpaired) electrons. The Morgan fingerprint density at radius 3 is 2.61 bits per heavy atom. The number of amides is 1. The molecule has 7 nitrogen and oxygen atoms in total. The predicted octanol–water partition coefficient (Wildman–Crippen LogP) is 4.27. The molecule has 0 aliphatic carbocycles. The monoisotopic (exact) mass is 415 g/mol. The lowest BCUT2D eigenvalue weighted by molar-refractivity contribution is 0.102. The molecule has 0 spiro atoms. The van der Waals surface area contributed by atoms with Gasteiger partial charge in [0.1, 0.15) is 0 Å². The van der Waals surface area contributed by atoms with Gasteiger partial charge in [0.25, 0.3) is 5.91 Å². The van der Waals surface area contributed by atoms with E-state index in [1.165, 1.54) is 0 Å².